The van der Waals surface area contributed by atoms with E-state index in [0.29, 0.717) is 12.6 Å². The Bertz CT molecular complexity index is 349. The second-order valence-corrected chi connectivity index (χ2v) is 4.97. The minimum absolute atomic E-state index is 0.443. The lowest BCUT2D eigenvalue weighted by molar-refractivity contribution is 0.210. The van der Waals surface area contributed by atoms with Crippen LogP contribution in [0.25, 0.3) is 0 Å². The number of methoxy groups -OCH3 is 1. The van der Waals surface area contributed by atoms with E-state index in [1.54, 1.807) is 7.11 Å². The van der Waals surface area contributed by atoms with E-state index in [1.165, 1.54) is 0 Å². The van der Waals surface area contributed by atoms with Gasteiger partial charge in [-0.25, -0.2) is 4.98 Å². The van der Waals surface area contributed by atoms with E-state index < -0.39 is 0 Å². The van der Waals surface area contributed by atoms with Crippen LogP contribution in [0.4, 0.5) is 5.95 Å². The van der Waals surface area contributed by atoms with Gasteiger partial charge in [-0.3, -0.25) is 0 Å². The maximum Gasteiger partial charge on any atom is 0.203 e. The molecule has 0 aliphatic carbocycles. The Morgan fingerprint density at radius 2 is 2.22 bits per heavy atom. The zero-order valence-electron chi connectivity index (χ0n) is 12.2. The fraction of sp³-hybridized carbons (Fsp3) is 0.769. The number of rotatable bonds is 8. The van der Waals surface area contributed by atoms with Gasteiger partial charge in [0.05, 0.1) is 12.3 Å². The first-order valence-electron chi connectivity index (χ1n) is 6.47. The van der Waals surface area contributed by atoms with Crippen molar-refractivity contribution >= 4 is 5.95 Å². The highest BCUT2D eigenvalue weighted by atomic mass is 16.5. The second-order valence-electron chi connectivity index (χ2n) is 4.97. The summed E-state index contributed by atoms with van der Waals surface area (Å²) in [6, 6.07) is 0.443. The van der Waals surface area contributed by atoms with Crippen LogP contribution in [0.5, 0.6) is 0 Å². The zero-order chi connectivity index (χ0) is 13.5. The largest absolute Gasteiger partial charge is 0.383 e. The molecule has 0 aromatic carbocycles. The fourth-order valence-corrected chi connectivity index (χ4v) is 1.83. The Balaban J connectivity index is 2.62. The fourth-order valence-electron chi connectivity index (χ4n) is 1.83. The summed E-state index contributed by atoms with van der Waals surface area (Å²) in [7, 11) is 5.91. The summed E-state index contributed by atoms with van der Waals surface area (Å²) < 4.78 is 7.26. The quantitative estimate of drug-likeness (QED) is 0.718. The summed E-state index contributed by atoms with van der Waals surface area (Å²) in [6.07, 6.45) is 3.22. The van der Waals surface area contributed by atoms with Crippen molar-refractivity contribution in [3.8, 4) is 0 Å². The van der Waals surface area contributed by atoms with Crippen molar-refractivity contribution in [2.45, 2.75) is 26.3 Å². The van der Waals surface area contributed by atoms with Crippen molar-refractivity contribution < 1.29 is 4.74 Å². The van der Waals surface area contributed by atoms with E-state index in [-0.39, 0.29) is 0 Å². The third-order valence-corrected chi connectivity index (χ3v) is 2.91. The van der Waals surface area contributed by atoms with Gasteiger partial charge in [-0.05, 0) is 40.9 Å². The topological polar surface area (TPSA) is 42.3 Å². The van der Waals surface area contributed by atoms with Gasteiger partial charge >= 0.3 is 0 Å². The minimum Gasteiger partial charge on any atom is -0.383 e. The predicted octanol–water partition coefficient (Wildman–Crippen LogP) is 1.76. The molecule has 1 aromatic heterocycles. The molecule has 0 saturated carbocycles. The lowest BCUT2D eigenvalue weighted by Gasteiger charge is -2.19. The number of hydrogen-bond donors (Lipinski definition) is 1. The number of imidazole rings is 1. The molecular weight excluding hydrogens is 228 g/mol. The molecule has 0 aliphatic rings. The maximum absolute atomic E-state index is 5.04. The Kier molecular flexibility index (Phi) is 6.15. The summed E-state index contributed by atoms with van der Waals surface area (Å²) >= 11 is 0. The summed E-state index contributed by atoms with van der Waals surface area (Å²) in [4.78, 5) is 6.72. The lowest BCUT2D eigenvalue weighted by atomic mass is 10.2. The molecular formula is C13H26N4O. The van der Waals surface area contributed by atoms with Gasteiger partial charge < -0.3 is 19.5 Å². The van der Waals surface area contributed by atoms with Gasteiger partial charge in [0.2, 0.25) is 5.95 Å². The number of nitrogens with one attached hydrogen (secondary N) is 1. The van der Waals surface area contributed by atoms with E-state index in [4.69, 9.17) is 4.74 Å². The lowest BCUT2D eigenvalue weighted by Crippen LogP contribution is -2.19. The SMILES string of the molecule is COCCNc1nc(C)cn1C(C)CCN(C)C. The van der Waals surface area contributed by atoms with Crippen LogP contribution in [0.2, 0.25) is 0 Å². The summed E-state index contributed by atoms with van der Waals surface area (Å²) in [6.45, 7) is 6.81. The maximum atomic E-state index is 5.04. The molecule has 0 saturated heterocycles. The van der Waals surface area contributed by atoms with E-state index in [2.05, 4.69) is 47.0 Å². The first kappa shape index (κ1) is 15.0. The van der Waals surface area contributed by atoms with Crippen molar-refractivity contribution in [3.63, 3.8) is 0 Å². The summed E-state index contributed by atoms with van der Waals surface area (Å²) in [5.41, 5.74) is 1.05. The van der Waals surface area contributed by atoms with Crippen molar-refractivity contribution in [2.24, 2.45) is 0 Å². The molecule has 5 heteroatoms. The van der Waals surface area contributed by atoms with Gasteiger partial charge in [0.1, 0.15) is 0 Å². The van der Waals surface area contributed by atoms with Gasteiger partial charge in [-0.2, -0.15) is 0 Å². The first-order chi connectivity index (χ1) is 8.54. The number of anilines is 1. The molecule has 1 N–H and O–H groups in total. The van der Waals surface area contributed by atoms with Gasteiger partial charge in [-0.1, -0.05) is 0 Å². The summed E-state index contributed by atoms with van der Waals surface area (Å²) in [5.74, 6) is 0.941. The van der Waals surface area contributed by atoms with E-state index in [1.807, 2.05) is 6.92 Å². The Morgan fingerprint density at radius 3 is 2.83 bits per heavy atom. The molecule has 0 radical (unpaired) electrons. The highest BCUT2D eigenvalue weighted by Gasteiger charge is 2.11. The third-order valence-electron chi connectivity index (χ3n) is 2.91. The number of ether oxygens (including phenoxy) is 1. The van der Waals surface area contributed by atoms with Crippen molar-refractivity contribution in [3.05, 3.63) is 11.9 Å². The van der Waals surface area contributed by atoms with Crippen molar-refractivity contribution in [1.29, 1.82) is 0 Å². The molecule has 18 heavy (non-hydrogen) atoms. The van der Waals surface area contributed by atoms with E-state index in [9.17, 15) is 0 Å². The van der Waals surface area contributed by atoms with Crippen LogP contribution in [0, 0.1) is 6.92 Å². The van der Waals surface area contributed by atoms with Crippen LogP contribution in [0.1, 0.15) is 25.1 Å². The summed E-state index contributed by atoms with van der Waals surface area (Å²) in [5, 5.41) is 3.32. The van der Waals surface area contributed by atoms with Gasteiger partial charge in [0, 0.05) is 25.9 Å². The molecule has 0 bridgehead atoms. The number of aromatic nitrogens is 2. The molecule has 5 nitrogen and oxygen atoms in total. The molecule has 0 aliphatic heterocycles. The first-order valence-corrected chi connectivity index (χ1v) is 6.47. The van der Waals surface area contributed by atoms with Crippen molar-refractivity contribution in [2.75, 3.05) is 46.2 Å². The number of hydrogen-bond acceptors (Lipinski definition) is 4. The Morgan fingerprint density at radius 1 is 1.50 bits per heavy atom. The monoisotopic (exact) mass is 254 g/mol. The third kappa shape index (κ3) is 4.66. The standard InChI is InChI=1S/C13H26N4O/c1-11-10-17(12(2)6-8-16(3)4)13(15-11)14-7-9-18-5/h10,12H,6-9H2,1-5H3,(H,14,15). The second kappa shape index (κ2) is 7.38. The predicted molar refractivity (Wildman–Crippen MR) is 75.2 cm³/mol. The Hall–Kier alpha value is -1.07. The van der Waals surface area contributed by atoms with Gasteiger partial charge in [0.25, 0.3) is 0 Å². The van der Waals surface area contributed by atoms with Crippen LogP contribution < -0.4 is 5.32 Å². The van der Waals surface area contributed by atoms with E-state index in [0.717, 1.165) is 31.2 Å². The normalized spacial score (nSPS) is 13.0. The molecule has 1 rings (SSSR count). The molecule has 0 spiro atoms. The van der Waals surface area contributed by atoms with Gasteiger partial charge in [-0.15, -0.1) is 0 Å². The zero-order valence-corrected chi connectivity index (χ0v) is 12.2. The molecule has 1 unspecified atom stereocenters. The molecule has 0 amide bonds. The van der Waals surface area contributed by atoms with Crippen LogP contribution in [0.15, 0.2) is 6.20 Å². The minimum atomic E-state index is 0.443. The van der Waals surface area contributed by atoms with Crippen LogP contribution >= 0.6 is 0 Å². The number of aryl methyl sites for hydroxylation is 1. The molecule has 1 atom stereocenters. The van der Waals surface area contributed by atoms with Crippen LogP contribution in [0.3, 0.4) is 0 Å². The molecule has 0 fully saturated rings. The van der Waals surface area contributed by atoms with Crippen LogP contribution in [-0.4, -0.2) is 55.4 Å². The molecule has 104 valence electrons. The van der Waals surface area contributed by atoms with Crippen molar-refractivity contribution in [1.82, 2.24) is 14.5 Å². The highest BCUT2D eigenvalue weighted by Crippen LogP contribution is 2.18. The molecule has 1 heterocycles. The Labute approximate surface area is 110 Å². The average molecular weight is 254 g/mol. The highest BCUT2D eigenvalue weighted by molar-refractivity contribution is 5.29. The smallest absolute Gasteiger partial charge is 0.203 e. The average Bonchev–Trinajstić information content (AvgIpc) is 2.68. The van der Waals surface area contributed by atoms with Gasteiger partial charge in [0.15, 0.2) is 0 Å². The van der Waals surface area contributed by atoms with E-state index >= 15 is 0 Å². The number of nitrogens with zero attached hydrogens (tertiary/aromatic N) is 3. The van der Waals surface area contributed by atoms with Crippen LogP contribution in [-0.2, 0) is 4.74 Å². The molecule has 1 aromatic rings.